The number of Topliss-reactive ketones (excluding diaryl/α,β-unsaturated/α-hetero) is 1. The summed E-state index contributed by atoms with van der Waals surface area (Å²) < 4.78 is 7.35. The predicted molar refractivity (Wildman–Crippen MR) is 168 cm³/mol. The summed E-state index contributed by atoms with van der Waals surface area (Å²) in [6, 6.07) is 7.82. The van der Waals surface area contributed by atoms with Gasteiger partial charge in [0.15, 0.2) is 5.78 Å². The molecule has 230 valence electrons. The van der Waals surface area contributed by atoms with E-state index < -0.39 is 11.4 Å². The third-order valence-electron chi connectivity index (χ3n) is 9.35. The highest BCUT2D eigenvalue weighted by Crippen LogP contribution is 2.47. The van der Waals surface area contributed by atoms with Crippen LogP contribution in [0.25, 0.3) is 22.3 Å². The number of nitrogens with zero attached hydrogens (tertiary/aromatic N) is 5. The van der Waals surface area contributed by atoms with Gasteiger partial charge in [-0.3, -0.25) is 19.2 Å². The molecule has 0 saturated carbocycles. The molecule has 0 spiro atoms. The number of carbonyl (C=O) groups excluding carboxylic acids is 3. The Labute approximate surface area is 255 Å². The highest BCUT2D eigenvalue weighted by molar-refractivity contribution is 6.11. The number of benzene rings is 1. The van der Waals surface area contributed by atoms with E-state index in [1.54, 1.807) is 4.57 Å². The van der Waals surface area contributed by atoms with Gasteiger partial charge in [0.05, 0.1) is 70.6 Å². The lowest BCUT2D eigenvalue weighted by molar-refractivity contribution is -0.155. The number of likely N-dealkylation sites (N-methyl/N-ethyl adjacent to an activating group) is 1. The van der Waals surface area contributed by atoms with Crippen molar-refractivity contribution in [3.8, 4) is 11.4 Å². The highest BCUT2D eigenvalue weighted by atomic mass is 16.5. The molecule has 11 heteroatoms. The van der Waals surface area contributed by atoms with Crippen LogP contribution in [0.2, 0.25) is 0 Å². The zero-order chi connectivity index (χ0) is 31.2. The van der Waals surface area contributed by atoms with Crippen LogP contribution in [0.5, 0.6) is 0 Å². The first kappa shape index (κ1) is 29.7. The van der Waals surface area contributed by atoms with Crippen molar-refractivity contribution in [2.75, 3.05) is 31.6 Å². The fraction of sp³-hybridized carbons (Fsp3) is 0.455. The summed E-state index contributed by atoms with van der Waals surface area (Å²) in [5.41, 5.74) is 10.1. The Kier molecular flexibility index (Phi) is 7.83. The van der Waals surface area contributed by atoms with E-state index in [2.05, 4.69) is 11.8 Å². The molecule has 3 aliphatic rings. The minimum absolute atomic E-state index is 0.0431. The molecule has 2 aromatic heterocycles. The first-order valence-corrected chi connectivity index (χ1v) is 15.4. The minimum atomic E-state index is -1.17. The summed E-state index contributed by atoms with van der Waals surface area (Å²) >= 11 is 0. The van der Waals surface area contributed by atoms with E-state index in [4.69, 9.17) is 20.4 Å². The number of hydrogen-bond acceptors (Lipinski definition) is 9. The van der Waals surface area contributed by atoms with Crippen LogP contribution < -0.4 is 16.2 Å². The zero-order valence-electron chi connectivity index (χ0n) is 25.5. The number of fused-ring (bicyclic) bond motifs is 5. The van der Waals surface area contributed by atoms with Crippen molar-refractivity contribution >= 4 is 46.3 Å². The predicted octanol–water partition coefficient (Wildman–Crippen LogP) is 3.57. The van der Waals surface area contributed by atoms with Crippen LogP contribution in [-0.4, -0.2) is 65.1 Å². The molecule has 0 bridgehead atoms. The molecular formula is C33H38N6O5. The first-order valence-electron chi connectivity index (χ1n) is 15.4. The van der Waals surface area contributed by atoms with Crippen molar-refractivity contribution in [1.29, 1.82) is 0 Å². The summed E-state index contributed by atoms with van der Waals surface area (Å²) in [6.07, 6.45) is 5.65. The van der Waals surface area contributed by atoms with Gasteiger partial charge < -0.3 is 24.8 Å². The van der Waals surface area contributed by atoms with Gasteiger partial charge in [0.2, 0.25) is 5.91 Å². The van der Waals surface area contributed by atoms with E-state index in [9.17, 15) is 19.2 Å². The molecule has 3 aliphatic heterocycles. The second kappa shape index (κ2) is 11.6. The number of cyclic esters (lactones) is 1. The molecule has 6 rings (SSSR count). The van der Waals surface area contributed by atoms with Crippen LogP contribution in [0.4, 0.5) is 11.4 Å². The van der Waals surface area contributed by atoms with Crippen LogP contribution in [0.3, 0.4) is 0 Å². The third-order valence-corrected chi connectivity index (χ3v) is 9.35. The lowest BCUT2D eigenvalue weighted by atomic mass is 9.71. The van der Waals surface area contributed by atoms with E-state index in [1.807, 2.05) is 37.5 Å². The van der Waals surface area contributed by atoms with E-state index in [0.29, 0.717) is 29.8 Å². The summed E-state index contributed by atoms with van der Waals surface area (Å²) in [4.78, 5) is 65.6. The van der Waals surface area contributed by atoms with Crippen molar-refractivity contribution in [3.05, 3.63) is 51.3 Å². The molecule has 1 atom stereocenters. The largest absolute Gasteiger partial charge is 0.460 e. The number of ether oxygens (including phenoxy) is 1. The summed E-state index contributed by atoms with van der Waals surface area (Å²) in [5.74, 6) is -0.980. The van der Waals surface area contributed by atoms with Crippen LogP contribution in [0, 0.1) is 0 Å². The molecule has 0 fully saturated rings. The van der Waals surface area contributed by atoms with Gasteiger partial charge >= 0.3 is 5.97 Å². The third kappa shape index (κ3) is 4.70. The number of aliphatic imine (C=N–C) groups is 1. The molecule has 0 unspecified atom stereocenters. The Morgan fingerprint density at radius 3 is 2.73 bits per heavy atom. The summed E-state index contributed by atoms with van der Waals surface area (Å²) in [6.45, 7) is 4.81. The van der Waals surface area contributed by atoms with E-state index >= 15 is 0 Å². The topological polar surface area (TPSA) is 140 Å². The van der Waals surface area contributed by atoms with Gasteiger partial charge in [-0.1, -0.05) is 32.8 Å². The Morgan fingerprint density at radius 1 is 1.16 bits per heavy atom. The fourth-order valence-corrected chi connectivity index (χ4v) is 6.83. The van der Waals surface area contributed by atoms with Gasteiger partial charge in [0, 0.05) is 25.6 Å². The molecule has 44 heavy (non-hydrogen) atoms. The SMILES string of the molecule is CCCCCN1C=Nc2cccc3nc4c(c1c23)Cn1c-4cc2c(c1=O)COC(=O)[C@@]2(CC)CCC(=O)CN(C)C(=O)CN. The van der Waals surface area contributed by atoms with Crippen molar-refractivity contribution in [2.45, 2.75) is 70.9 Å². The van der Waals surface area contributed by atoms with Gasteiger partial charge in [-0.2, -0.15) is 0 Å². The number of pyridine rings is 2. The Morgan fingerprint density at radius 2 is 1.98 bits per heavy atom. The number of rotatable bonds is 11. The van der Waals surface area contributed by atoms with Crippen molar-refractivity contribution in [1.82, 2.24) is 14.5 Å². The minimum Gasteiger partial charge on any atom is -0.460 e. The molecule has 3 aromatic rings. The monoisotopic (exact) mass is 598 g/mol. The number of esters is 1. The molecule has 2 N–H and O–H groups in total. The fourth-order valence-electron chi connectivity index (χ4n) is 6.83. The smallest absolute Gasteiger partial charge is 0.316 e. The average molecular weight is 599 g/mol. The molecule has 0 radical (unpaired) electrons. The summed E-state index contributed by atoms with van der Waals surface area (Å²) in [7, 11) is 1.53. The van der Waals surface area contributed by atoms with Crippen molar-refractivity contribution in [2.24, 2.45) is 10.7 Å². The molecule has 0 aliphatic carbocycles. The molecule has 0 saturated heterocycles. The van der Waals surface area contributed by atoms with E-state index in [0.717, 1.165) is 59.3 Å². The Balaban J connectivity index is 1.44. The quantitative estimate of drug-likeness (QED) is 0.204. The second-order valence-corrected chi connectivity index (χ2v) is 11.9. The lowest BCUT2D eigenvalue weighted by Crippen LogP contribution is -2.45. The van der Waals surface area contributed by atoms with Crippen molar-refractivity contribution < 1.29 is 19.1 Å². The molecule has 1 amide bonds. The maximum Gasteiger partial charge on any atom is 0.316 e. The number of amides is 1. The number of hydrogen-bond donors (Lipinski definition) is 1. The lowest BCUT2D eigenvalue weighted by Gasteiger charge is -2.36. The molecular weight excluding hydrogens is 560 g/mol. The van der Waals surface area contributed by atoms with E-state index in [-0.39, 0.29) is 49.8 Å². The molecule has 11 nitrogen and oxygen atoms in total. The molecule has 1 aromatic carbocycles. The number of unbranched alkanes of at least 4 members (excludes halogenated alkanes) is 2. The zero-order valence-corrected chi connectivity index (χ0v) is 25.5. The molecule has 5 heterocycles. The van der Waals surface area contributed by atoms with Gasteiger partial charge in [0.25, 0.3) is 5.56 Å². The van der Waals surface area contributed by atoms with Crippen LogP contribution in [0.1, 0.15) is 69.1 Å². The average Bonchev–Trinajstić information content (AvgIpc) is 3.40. The number of nitrogens with two attached hydrogens (primary N) is 1. The number of aromatic nitrogens is 2. The van der Waals surface area contributed by atoms with Crippen LogP contribution >= 0.6 is 0 Å². The van der Waals surface area contributed by atoms with Crippen molar-refractivity contribution in [3.63, 3.8) is 0 Å². The Hall–Kier alpha value is -4.38. The van der Waals surface area contributed by atoms with Gasteiger partial charge in [-0.25, -0.2) is 9.98 Å². The van der Waals surface area contributed by atoms with Crippen LogP contribution in [0.15, 0.2) is 34.1 Å². The first-order chi connectivity index (χ1) is 21.2. The number of carbonyl (C=O) groups is 3. The normalized spacial score (nSPS) is 17.7. The maximum atomic E-state index is 14.1. The van der Waals surface area contributed by atoms with Gasteiger partial charge in [0.1, 0.15) is 6.61 Å². The number of ketones is 1. The Bertz CT molecular complexity index is 1780. The van der Waals surface area contributed by atoms with E-state index in [1.165, 1.54) is 11.9 Å². The highest BCUT2D eigenvalue weighted by Gasteiger charge is 2.47. The van der Waals surface area contributed by atoms with Crippen LogP contribution in [-0.2, 0) is 37.7 Å². The summed E-state index contributed by atoms with van der Waals surface area (Å²) in [5, 5.41) is 0.980. The standard InChI is InChI=1S/C33H38N6O5/c1-4-6-7-13-38-19-35-24-9-8-10-25-28(24)30(38)21-17-39-26(29(21)36-25)14-23-22(31(39)42)18-44-32(43)33(23,5-2)12-11-20(40)16-37(3)27(41)15-34/h8-10,14,19H,4-7,11-13,15-18,34H2,1-3H3/t33-/m0/s1. The van der Waals surface area contributed by atoms with Gasteiger partial charge in [-0.15, -0.1) is 0 Å². The van der Waals surface area contributed by atoms with Gasteiger partial charge in [-0.05, 0) is 43.0 Å². The number of anilines is 1. The second-order valence-electron chi connectivity index (χ2n) is 11.9. The maximum absolute atomic E-state index is 14.1.